The van der Waals surface area contributed by atoms with E-state index in [1.165, 1.54) is 0 Å². The highest BCUT2D eigenvalue weighted by atomic mass is 16.5. The number of piperazine rings is 1. The van der Waals surface area contributed by atoms with E-state index in [4.69, 9.17) is 9.73 Å². The lowest BCUT2D eigenvalue weighted by atomic mass is 9.93. The summed E-state index contributed by atoms with van der Waals surface area (Å²) >= 11 is 0. The Morgan fingerprint density at radius 3 is 2.55 bits per heavy atom. The van der Waals surface area contributed by atoms with Crippen molar-refractivity contribution in [1.82, 2.24) is 9.80 Å². The molecule has 2 aliphatic rings. The second-order valence-corrected chi connectivity index (χ2v) is 8.14. The van der Waals surface area contributed by atoms with Crippen molar-refractivity contribution in [2.24, 2.45) is 10.4 Å². The number of benzene rings is 2. The summed E-state index contributed by atoms with van der Waals surface area (Å²) in [6, 6.07) is 12.7. The number of aromatic hydroxyl groups is 1. The van der Waals surface area contributed by atoms with Gasteiger partial charge in [-0.05, 0) is 38.1 Å². The Kier molecular flexibility index (Phi) is 4.92. The number of nitrogens with zero attached hydrogens (tertiary/aromatic N) is 3. The van der Waals surface area contributed by atoms with Crippen molar-refractivity contribution in [3.05, 3.63) is 48.0 Å². The SMILES string of the molecule is CC(C)(CN1CCN(C2=Nc3cc(O)ccc3Oc3ccccc32)CC1)C(=O)O. The number of phenolic OH excluding ortho intramolecular Hbond substituents is 1. The van der Waals surface area contributed by atoms with Crippen molar-refractivity contribution in [3.8, 4) is 17.2 Å². The van der Waals surface area contributed by atoms with Gasteiger partial charge < -0.3 is 19.8 Å². The third-order valence-electron chi connectivity index (χ3n) is 5.39. The van der Waals surface area contributed by atoms with Gasteiger partial charge in [0, 0.05) is 38.8 Å². The fourth-order valence-electron chi connectivity index (χ4n) is 3.70. The first-order chi connectivity index (χ1) is 13.8. The molecule has 7 nitrogen and oxygen atoms in total. The molecule has 0 unspecified atom stereocenters. The zero-order valence-corrected chi connectivity index (χ0v) is 16.6. The molecule has 0 amide bonds. The number of aliphatic imine (C=N–C) groups is 1. The van der Waals surface area contributed by atoms with Gasteiger partial charge in [-0.3, -0.25) is 9.69 Å². The normalized spacial score (nSPS) is 16.9. The zero-order chi connectivity index (χ0) is 20.6. The van der Waals surface area contributed by atoms with Gasteiger partial charge in [0.15, 0.2) is 5.75 Å². The molecule has 29 heavy (non-hydrogen) atoms. The van der Waals surface area contributed by atoms with E-state index in [9.17, 15) is 15.0 Å². The molecule has 152 valence electrons. The molecule has 0 atom stereocenters. The molecule has 4 rings (SSSR count). The highest BCUT2D eigenvalue weighted by Crippen LogP contribution is 2.40. The number of carboxylic acid groups (broad SMARTS) is 1. The predicted molar refractivity (Wildman–Crippen MR) is 110 cm³/mol. The number of amidine groups is 1. The molecule has 0 aliphatic carbocycles. The lowest BCUT2D eigenvalue weighted by Gasteiger charge is -2.38. The highest BCUT2D eigenvalue weighted by Gasteiger charge is 2.32. The Labute approximate surface area is 169 Å². The van der Waals surface area contributed by atoms with Gasteiger partial charge in [0.25, 0.3) is 0 Å². The molecule has 7 heteroatoms. The Morgan fingerprint density at radius 1 is 1.10 bits per heavy atom. The highest BCUT2D eigenvalue weighted by molar-refractivity contribution is 6.03. The maximum absolute atomic E-state index is 11.4. The van der Waals surface area contributed by atoms with E-state index in [1.807, 2.05) is 24.3 Å². The minimum absolute atomic E-state index is 0.141. The number of aliphatic carboxylic acids is 1. The minimum atomic E-state index is -0.782. The Morgan fingerprint density at radius 2 is 1.83 bits per heavy atom. The summed E-state index contributed by atoms with van der Waals surface area (Å²) in [7, 11) is 0. The molecular formula is C22H25N3O4. The van der Waals surface area contributed by atoms with E-state index in [1.54, 1.807) is 32.0 Å². The second-order valence-electron chi connectivity index (χ2n) is 8.14. The number of rotatable bonds is 3. The van der Waals surface area contributed by atoms with Crippen molar-refractivity contribution in [2.75, 3.05) is 32.7 Å². The van der Waals surface area contributed by atoms with Crippen LogP contribution in [0.1, 0.15) is 19.4 Å². The predicted octanol–water partition coefficient (Wildman–Crippen LogP) is 3.30. The average Bonchev–Trinajstić information content (AvgIpc) is 2.85. The number of phenols is 1. The summed E-state index contributed by atoms with van der Waals surface area (Å²) in [5.74, 6) is 1.50. The first-order valence-electron chi connectivity index (χ1n) is 9.73. The van der Waals surface area contributed by atoms with Crippen LogP contribution in [-0.2, 0) is 4.79 Å². The summed E-state index contributed by atoms with van der Waals surface area (Å²) in [6.07, 6.45) is 0. The van der Waals surface area contributed by atoms with E-state index in [-0.39, 0.29) is 5.75 Å². The van der Waals surface area contributed by atoms with Crippen LogP contribution in [0.4, 0.5) is 5.69 Å². The lowest BCUT2D eigenvalue weighted by Crippen LogP contribution is -2.52. The summed E-state index contributed by atoms with van der Waals surface area (Å²) in [5.41, 5.74) is 0.715. The molecule has 1 fully saturated rings. The van der Waals surface area contributed by atoms with Crippen LogP contribution in [0.25, 0.3) is 0 Å². The molecule has 0 saturated carbocycles. The molecule has 2 aliphatic heterocycles. The minimum Gasteiger partial charge on any atom is -0.508 e. The molecule has 0 bridgehead atoms. The molecule has 1 saturated heterocycles. The fourth-order valence-corrected chi connectivity index (χ4v) is 3.70. The number of para-hydroxylation sites is 1. The molecule has 2 N–H and O–H groups in total. The van der Waals surface area contributed by atoms with Gasteiger partial charge in [-0.25, -0.2) is 4.99 Å². The van der Waals surface area contributed by atoms with Gasteiger partial charge in [-0.15, -0.1) is 0 Å². The average molecular weight is 395 g/mol. The van der Waals surface area contributed by atoms with Crippen molar-refractivity contribution in [1.29, 1.82) is 0 Å². The quantitative estimate of drug-likeness (QED) is 0.829. The van der Waals surface area contributed by atoms with Gasteiger partial charge in [-0.1, -0.05) is 12.1 Å². The summed E-state index contributed by atoms with van der Waals surface area (Å²) in [6.45, 7) is 7.01. The van der Waals surface area contributed by atoms with Crippen LogP contribution in [0.5, 0.6) is 17.2 Å². The molecule has 0 spiro atoms. The van der Waals surface area contributed by atoms with E-state index in [0.29, 0.717) is 18.0 Å². The molecule has 0 aromatic heterocycles. The van der Waals surface area contributed by atoms with E-state index >= 15 is 0 Å². The number of carbonyl (C=O) groups is 1. The Bertz CT molecular complexity index is 962. The summed E-state index contributed by atoms with van der Waals surface area (Å²) in [4.78, 5) is 20.7. The van der Waals surface area contributed by atoms with E-state index in [2.05, 4.69) is 9.80 Å². The number of fused-ring (bicyclic) bond motifs is 2. The first kappa shape index (κ1) is 19.3. The van der Waals surface area contributed by atoms with Crippen molar-refractivity contribution in [3.63, 3.8) is 0 Å². The molecule has 2 aromatic rings. The van der Waals surface area contributed by atoms with Gasteiger partial charge in [0.2, 0.25) is 0 Å². The standard InChI is InChI=1S/C22H25N3O4/c1-22(2,21(27)28)14-24-9-11-25(12-10-24)20-16-5-3-4-6-18(16)29-19-8-7-15(26)13-17(19)23-20/h3-8,13,26H,9-12,14H2,1-2H3,(H,27,28). The number of carboxylic acids is 1. The van der Waals surface area contributed by atoms with Gasteiger partial charge in [0.05, 0.1) is 11.0 Å². The van der Waals surface area contributed by atoms with Crippen LogP contribution in [0.3, 0.4) is 0 Å². The number of ether oxygens (including phenoxy) is 1. The zero-order valence-electron chi connectivity index (χ0n) is 16.6. The van der Waals surface area contributed by atoms with E-state index < -0.39 is 11.4 Å². The summed E-state index contributed by atoms with van der Waals surface area (Å²) in [5, 5.41) is 19.3. The Hall–Kier alpha value is -3.06. The van der Waals surface area contributed by atoms with E-state index in [0.717, 1.165) is 43.3 Å². The van der Waals surface area contributed by atoms with Gasteiger partial charge >= 0.3 is 5.97 Å². The van der Waals surface area contributed by atoms with Crippen molar-refractivity contribution in [2.45, 2.75) is 13.8 Å². The topological polar surface area (TPSA) is 85.6 Å². The lowest BCUT2D eigenvalue weighted by molar-refractivity contribution is -0.148. The van der Waals surface area contributed by atoms with Crippen LogP contribution in [0, 0.1) is 5.41 Å². The van der Waals surface area contributed by atoms with Crippen molar-refractivity contribution >= 4 is 17.5 Å². The fraction of sp³-hybridized carbons (Fsp3) is 0.364. The van der Waals surface area contributed by atoms with Crippen LogP contribution in [0.2, 0.25) is 0 Å². The maximum Gasteiger partial charge on any atom is 0.310 e. The first-order valence-corrected chi connectivity index (χ1v) is 9.73. The molecule has 0 radical (unpaired) electrons. The van der Waals surface area contributed by atoms with Gasteiger partial charge in [-0.2, -0.15) is 0 Å². The third-order valence-corrected chi connectivity index (χ3v) is 5.39. The number of hydrogen-bond donors (Lipinski definition) is 2. The maximum atomic E-state index is 11.4. The number of hydrogen-bond acceptors (Lipinski definition) is 6. The molecule has 2 heterocycles. The third kappa shape index (κ3) is 3.91. The van der Waals surface area contributed by atoms with Crippen LogP contribution < -0.4 is 4.74 Å². The second kappa shape index (κ2) is 7.40. The smallest absolute Gasteiger partial charge is 0.310 e. The Balaban J connectivity index is 1.60. The van der Waals surface area contributed by atoms with Gasteiger partial charge in [0.1, 0.15) is 23.0 Å². The van der Waals surface area contributed by atoms with Crippen LogP contribution in [0.15, 0.2) is 47.5 Å². The van der Waals surface area contributed by atoms with Crippen LogP contribution in [-0.4, -0.2) is 64.5 Å². The summed E-state index contributed by atoms with van der Waals surface area (Å²) < 4.78 is 6.06. The molecule has 2 aromatic carbocycles. The largest absolute Gasteiger partial charge is 0.508 e. The monoisotopic (exact) mass is 395 g/mol. The van der Waals surface area contributed by atoms with Crippen molar-refractivity contribution < 1.29 is 19.7 Å². The van der Waals surface area contributed by atoms with Crippen LogP contribution >= 0.6 is 0 Å². The molecular weight excluding hydrogens is 370 g/mol.